The average Bonchev–Trinajstić information content (AvgIpc) is 3.04. The normalized spacial score (nSPS) is 10.5. The Morgan fingerprint density at radius 1 is 1.22 bits per heavy atom. The lowest BCUT2D eigenvalue weighted by molar-refractivity contribution is 0.0961. The van der Waals surface area contributed by atoms with E-state index in [4.69, 9.17) is 4.74 Å². The van der Waals surface area contributed by atoms with Gasteiger partial charge < -0.3 is 4.74 Å². The van der Waals surface area contributed by atoms with Gasteiger partial charge in [-0.3, -0.25) is 4.79 Å². The van der Waals surface area contributed by atoms with E-state index in [1.54, 1.807) is 13.2 Å². The Morgan fingerprint density at radius 3 is 2.74 bits per heavy atom. The fourth-order valence-corrected chi connectivity index (χ4v) is 2.04. The zero-order valence-electron chi connectivity index (χ0n) is 12.3. The van der Waals surface area contributed by atoms with Gasteiger partial charge in [0.2, 0.25) is 5.82 Å². The van der Waals surface area contributed by atoms with Crippen molar-refractivity contribution < 1.29 is 13.9 Å². The van der Waals surface area contributed by atoms with Crippen LogP contribution in [0.15, 0.2) is 48.5 Å². The summed E-state index contributed by atoms with van der Waals surface area (Å²) in [6.07, 6.45) is 0. The second kappa shape index (κ2) is 6.35. The molecule has 1 aromatic heterocycles. The lowest BCUT2D eigenvalue weighted by Crippen LogP contribution is -2.13. The quantitative estimate of drug-likeness (QED) is 0.676. The smallest absolute Gasteiger partial charge is 0.205 e. The predicted molar refractivity (Wildman–Crippen MR) is 80.5 cm³/mol. The van der Waals surface area contributed by atoms with Crippen LogP contribution in [-0.2, 0) is 6.54 Å². The maximum absolute atomic E-state index is 12.9. The molecule has 0 bridgehead atoms. The fraction of sp³-hybridized carbons (Fsp3) is 0.125. The van der Waals surface area contributed by atoms with Gasteiger partial charge in [0, 0.05) is 11.1 Å². The Bertz CT molecular complexity index is 830. The van der Waals surface area contributed by atoms with Crippen LogP contribution in [0.4, 0.5) is 4.39 Å². The number of carbonyl (C=O) groups excluding carboxylic acids is 1. The molecule has 7 heteroatoms. The topological polar surface area (TPSA) is 69.9 Å². The first-order valence-corrected chi connectivity index (χ1v) is 6.87. The van der Waals surface area contributed by atoms with Crippen molar-refractivity contribution >= 4 is 5.78 Å². The van der Waals surface area contributed by atoms with Gasteiger partial charge >= 0.3 is 0 Å². The number of methoxy groups -OCH3 is 1. The molecule has 0 saturated heterocycles. The van der Waals surface area contributed by atoms with Gasteiger partial charge in [0.1, 0.15) is 18.1 Å². The van der Waals surface area contributed by atoms with Crippen molar-refractivity contribution in [1.82, 2.24) is 20.2 Å². The minimum Gasteiger partial charge on any atom is -0.497 e. The Hall–Kier alpha value is -3.09. The van der Waals surface area contributed by atoms with Crippen molar-refractivity contribution in [3.8, 4) is 17.1 Å². The molecule has 0 spiro atoms. The van der Waals surface area contributed by atoms with Crippen molar-refractivity contribution in [2.75, 3.05) is 7.11 Å². The molecule has 0 saturated carbocycles. The van der Waals surface area contributed by atoms with Gasteiger partial charge in [0.05, 0.1) is 7.11 Å². The van der Waals surface area contributed by atoms with Crippen molar-refractivity contribution in [1.29, 1.82) is 0 Å². The van der Waals surface area contributed by atoms with Crippen LogP contribution >= 0.6 is 0 Å². The van der Waals surface area contributed by atoms with Gasteiger partial charge in [-0.05, 0) is 41.6 Å². The standard InChI is InChI=1S/C16H13FN4O2/c1-23-14-4-2-3-12(9-14)16-18-20-21(19-16)10-15(22)11-5-7-13(17)8-6-11/h2-9H,10H2,1H3. The molecule has 0 unspecified atom stereocenters. The summed E-state index contributed by atoms with van der Waals surface area (Å²) in [5.74, 6) is 0.470. The average molecular weight is 312 g/mol. The third-order valence-corrected chi connectivity index (χ3v) is 3.23. The van der Waals surface area contributed by atoms with Crippen molar-refractivity contribution in [3.05, 3.63) is 59.9 Å². The van der Waals surface area contributed by atoms with Crippen molar-refractivity contribution in [2.24, 2.45) is 0 Å². The van der Waals surface area contributed by atoms with Gasteiger partial charge in [-0.25, -0.2) is 4.39 Å². The van der Waals surface area contributed by atoms with Gasteiger partial charge in [-0.2, -0.15) is 4.80 Å². The highest BCUT2D eigenvalue weighted by atomic mass is 19.1. The number of ketones is 1. The Kier molecular flexibility index (Phi) is 4.09. The number of aromatic nitrogens is 4. The van der Waals surface area contributed by atoms with Crippen LogP contribution in [0.1, 0.15) is 10.4 Å². The second-order valence-electron chi connectivity index (χ2n) is 4.81. The number of halogens is 1. The zero-order chi connectivity index (χ0) is 16.2. The number of hydrogen-bond donors (Lipinski definition) is 0. The molecule has 0 aliphatic heterocycles. The van der Waals surface area contributed by atoms with E-state index in [0.717, 1.165) is 5.56 Å². The van der Waals surface area contributed by atoms with Crippen LogP contribution in [0, 0.1) is 5.82 Å². The number of tetrazole rings is 1. The number of ether oxygens (including phenoxy) is 1. The van der Waals surface area contributed by atoms with Gasteiger partial charge in [0.15, 0.2) is 5.78 Å². The Labute approximate surface area is 131 Å². The van der Waals surface area contributed by atoms with Crippen LogP contribution in [-0.4, -0.2) is 33.1 Å². The molecule has 2 aromatic carbocycles. The number of nitrogens with zero attached hydrogens (tertiary/aromatic N) is 4. The molecule has 0 radical (unpaired) electrons. The molecule has 23 heavy (non-hydrogen) atoms. The van der Waals surface area contributed by atoms with E-state index < -0.39 is 0 Å². The van der Waals surface area contributed by atoms with E-state index in [0.29, 0.717) is 17.1 Å². The fourth-order valence-electron chi connectivity index (χ4n) is 2.04. The molecule has 0 aliphatic rings. The Morgan fingerprint density at radius 2 is 2.00 bits per heavy atom. The summed E-state index contributed by atoms with van der Waals surface area (Å²) in [7, 11) is 1.57. The summed E-state index contributed by atoms with van der Waals surface area (Å²) in [5, 5.41) is 12.0. The molecular weight excluding hydrogens is 299 g/mol. The van der Waals surface area contributed by atoms with Gasteiger partial charge in [0.25, 0.3) is 0 Å². The highest BCUT2D eigenvalue weighted by Crippen LogP contribution is 2.19. The van der Waals surface area contributed by atoms with E-state index >= 15 is 0 Å². The number of rotatable bonds is 5. The van der Waals surface area contributed by atoms with Crippen LogP contribution in [0.5, 0.6) is 5.75 Å². The molecule has 0 N–H and O–H groups in total. The van der Waals surface area contributed by atoms with Crippen LogP contribution in [0.2, 0.25) is 0 Å². The SMILES string of the molecule is COc1cccc(-c2nnn(CC(=O)c3ccc(F)cc3)n2)c1. The number of benzene rings is 2. The molecule has 116 valence electrons. The number of hydrogen-bond acceptors (Lipinski definition) is 5. The Balaban J connectivity index is 1.76. The minimum atomic E-state index is -0.388. The van der Waals surface area contributed by atoms with Crippen molar-refractivity contribution in [2.45, 2.75) is 6.54 Å². The largest absolute Gasteiger partial charge is 0.497 e. The zero-order valence-corrected chi connectivity index (χ0v) is 12.3. The van der Waals surface area contributed by atoms with E-state index in [1.807, 2.05) is 18.2 Å². The summed E-state index contributed by atoms with van der Waals surface area (Å²) in [6.45, 7) is -0.0669. The van der Waals surface area contributed by atoms with E-state index in [2.05, 4.69) is 15.4 Å². The maximum atomic E-state index is 12.9. The maximum Gasteiger partial charge on any atom is 0.205 e. The summed E-state index contributed by atoms with van der Waals surface area (Å²) in [6, 6.07) is 12.6. The molecule has 0 aliphatic carbocycles. The summed E-state index contributed by atoms with van der Waals surface area (Å²) in [4.78, 5) is 13.3. The molecular formula is C16H13FN4O2. The second-order valence-corrected chi connectivity index (χ2v) is 4.81. The molecule has 0 amide bonds. The minimum absolute atomic E-state index is 0.0669. The van der Waals surface area contributed by atoms with Crippen LogP contribution in [0.3, 0.4) is 0 Å². The molecule has 3 rings (SSSR count). The van der Waals surface area contributed by atoms with Crippen molar-refractivity contribution in [3.63, 3.8) is 0 Å². The molecule has 0 atom stereocenters. The summed E-state index contributed by atoms with van der Waals surface area (Å²) >= 11 is 0. The number of Topliss-reactive ketones (excluding diaryl/α,β-unsaturated/α-hetero) is 1. The van der Waals surface area contributed by atoms with E-state index in [9.17, 15) is 9.18 Å². The first-order valence-electron chi connectivity index (χ1n) is 6.87. The third kappa shape index (κ3) is 3.39. The van der Waals surface area contributed by atoms with Gasteiger partial charge in [-0.1, -0.05) is 12.1 Å². The van der Waals surface area contributed by atoms with E-state index in [1.165, 1.54) is 29.1 Å². The van der Waals surface area contributed by atoms with Crippen LogP contribution < -0.4 is 4.74 Å². The van der Waals surface area contributed by atoms with Crippen LogP contribution in [0.25, 0.3) is 11.4 Å². The molecule has 0 fully saturated rings. The van der Waals surface area contributed by atoms with Gasteiger partial charge in [-0.15, -0.1) is 10.2 Å². The highest BCUT2D eigenvalue weighted by Gasteiger charge is 2.11. The highest BCUT2D eigenvalue weighted by molar-refractivity contribution is 5.95. The summed E-state index contributed by atoms with van der Waals surface area (Å²) in [5.41, 5.74) is 1.14. The lowest BCUT2D eigenvalue weighted by atomic mass is 10.1. The molecule has 3 aromatic rings. The first kappa shape index (κ1) is 14.8. The van der Waals surface area contributed by atoms with E-state index in [-0.39, 0.29) is 18.1 Å². The number of carbonyl (C=O) groups is 1. The lowest BCUT2D eigenvalue weighted by Gasteiger charge is -2.01. The molecule has 1 heterocycles. The predicted octanol–water partition coefficient (Wildman–Crippen LogP) is 2.37. The molecule has 6 nitrogen and oxygen atoms in total. The third-order valence-electron chi connectivity index (χ3n) is 3.23. The monoisotopic (exact) mass is 312 g/mol. The summed E-state index contributed by atoms with van der Waals surface area (Å²) < 4.78 is 18.0. The first-order chi connectivity index (χ1) is 11.2.